The van der Waals surface area contributed by atoms with E-state index in [1.54, 1.807) is 0 Å². The molecule has 0 spiro atoms. The average Bonchev–Trinajstić information content (AvgIpc) is 1.82. The number of benzene rings is 1. The summed E-state index contributed by atoms with van der Waals surface area (Å²) in [5.41, 5.74) is 0. The van der Waals surface area contributed by atoms with E-state index in [-0.39, 0.29) is 0 Å². The van der Waals surface area contributed by atoms with E-state index < -0.39 is 7.22 Å². The molecule has 1 aromatic rings. The third kappa shape index (κ3) is 3.65. The number of rotatable bonds is 2. The predicted octanol–water partition coefficient (Wildman–Crippen LogP) is 4.27. The Morgan fingerprint density at radius 1 is 1.25 bits per heavy atom. The fraction of sp³-hybridized carbons (Fsp3) is 0.333. The highest BCUT2D eigenvalue weighted by Gasteiger charge is 2.14. The van der Waals surface area contributed by atoms with Gasteiger partial charge in [-0.3, -0.25) is 0 Å². The lowest BCUT2D eigenvalue weighted by atomic mass is 10.4. The van der Waals surface area contributed by atoms with Crippen LogP contribution >= 0.6 is 22.8 Å². The molecule has 0 aromatic heterocycles. The second-order valence-corrected chi connectivity index (χ2v) is 13.3. The van der Waals surface area contributed by atoms with Crippen molar-refractivity contribution in [2.75, 3.05) is 0 Å². The summed E-state index contributed by atoms with van der Waals surface area (Å²) >= 11 is 7.85. The summed E-state index contributed by atoms with van der Waals surface area (Å²) in [6.45, 7) is 7.00. The predicted molar refractivity (Wildman–Crippen MR) is 60.7 cm³/mol. The molecule has 0 atom stereocenters. The van der Waals surface area contributed by atoms with Crippen molar-refractivity contribution in [2.45, 2.75) is 24.5 Å². The smallest absolute Gasteiger partial charge is 0.114 e. The summed E-state index contributed by atoms with van der Waals surface area (Å²) in [5.74, 6) is 0. The van der Waals surface area contributed by atoms with E-state index in [2.05, 4.69) is 25.7 Å². The number of halogens is 1. The number of hydrogen-bond acceptors (Lipinski definition) is 1. The van der Waals surface area contributed by atoms with Gasteiger partial charge in [-0.15, -0.1) is 0 Å². The van der Waals surface area contributed by atoms with Crippen molar-refractivity contribution in [1.29, 1.82) is 0 Å². The van der Waals surface area contributed by atoms with Crippen molar-refractivity contribution in [3.8, 4) is 0 Å². The molecule has 0 N–H and O–H groups in total. The molecule has 0 fully saturated rings. The molecule has 1 aromatic carbocycles. The van der Waals surface area contributed by atoms with Gasteiger partial charge in [0, 0.05) is 9.92 Å². The normalized spacial score (nSPS) is 11.7. The monoisotopic (exact) mass is 216 g/mol. The first-order valence-corrected chi connectivity index (χ1v) is 9.34. The quantitative estimate of drug-likeness (QED) is 0.666. The molecule has 0 aliphatic carbocycles. The minimum Gasteiger partial charge on any atom is -0.152 e. The Morgan fingerprint density at radius 3 is 2.42 bits per heavy atom. The van der Waals surface area contributed by atoms with Crippen LogP contribution in [0.5, 0.6) is 0 Å². The molecule has 0 amide bonds. The van der Waals surface area contributed by atoms with E-state index in [0.717, 1.165) is 5.02 Å². The van der Waals surface area contributed by atoms with Crippen molar-refractivity contribution < 1.29 is 0 Å². The average molecular weight is 217 g/mol. The maximum atomic E-state index is 5.88. The van der Waals surface area contributed by atoms with Crippen molar-refractivity contribution in [2.24, 2.45) is 0 Å². The van der Waals surface area contributed by atoms with Gasteiger partial charge in [-0.25, -0.2) is 0 Å². The SMILES string of the molecule is C[Si](C)(C)Sc1cccc(Cl)c1. The fourth-order valence-corrected chi connectivity index (χ4v) is 4.68. The number of hydrogen-bond donors (Lipinski definition) is 0. The summed E-state index contributed by atoms with van der Waals surface area (Å²) in [6.07, 6.45) is 0. The minimum atomic E-state index is -1.06. The zero-order valence-electron chi connectivity index (χ0n) is 7.60. The molecule has 66 valence electrons. The molecule has 0 heterocycles. The topological polar surface area (TPSA) is 0 Å². The van der Waals surface area contributed by atoms with Gasteiger partial charge in [0.05, 0.1) is 0 Å². The highest BCUT2D eigenvalue weighted by molar-refractivity contribution is 8.28. The van der Waals surface area contributed by atoms with Crippen LogP contribution in [0.25, 0.3) is 0 Å². The zero-order valence-corrected chi connectivity index (χ0v) is 10.2. The van der Waals surface area contributed by atoms with Gasteiger partial charge in [0.15, 0.2) is 0 Å². The lowest BCUT2D eigenvalue weighted by molar-refractivity contribution is 1.47. The maximum absolute atomic E-state index is 5.88. The molecular weight excluding hydrogens is 204 g/mol. The highest BCUT2D eigenvalue weighted by Crippen LogP contribution is 2.30. The Bertz CT molecular complexity index is 267. The van der Waals surface area contributed by atoms with Crippen LogP contribution < -0.4 is 0 Å². The molecule has 12 heavy (non-hydrogen) atoms. The maximum Gasteiger partial charge on any atom is 0.114 e. The molecule has 0 bridgehead atoms. The largest absolute Gasteiger partial charge is 0.152 e. The van der Waals surface area contributed by atoms with E-state index >= 15 is 0 Å². The minimum absolute atomic E-state index is 0.832. The van der Waals surface area contributed by atoms with Crippen molar-refractivity contribution in [3.05, 3.63) is 29.3 Å². The lowest BCUT2D eigenvalue weighted by Gasteiger charge is -2.14. The Labute approximate surface area is 84.0 Å². The Morgan fingerprint density at radius 2 is 1.92 bits per heavy atom. The van der Waals surface area contributed by atoms with Crippen molar-refractivity contribution in [1.82, 2.24) is 0 Å². The second kappa shape index (κ2) is 3.86. The molecule has 0 saturated heterocycles. The van der Waals surface area contributed by atoms with Gasteiger partial charge >= 0.3 is 0 Å². The first-order chi connectivity index (χ1) is 5.47. The summed E-state index contributed by atoms with van der Waals surface area (Å²) in [5, 5.41) is 0.832. The summed E-state index contributed by atoms with van der Waals surface area (Å²) in [6, 6.07) is 8.07. The van der Waals surface area contributed by atoms with E-state index in [9.17, 15) is 0 Å². The van der Waals surface area contributed by atoms with Crippen LogP contribution in [0.1, 0.15) is 0 Å². The Kier molecular flexibility index (Phi) is 3.27. The molecule has 0 nitrogen and oxygen atoms in total. The molecule has 0 aliphatic rings. The molecule has 0 aliphatic heterocycles. The third-order valence-electron chi connectivity index (χ3n) is 1.22. The van der Waals surface area contributed by atoms with Gasteiger partial charge < -0.3 is 0 Å². The highest BCUT2D eigenvalue weighted by atomic mass is 35.5. The molecule has 0 unspecified atom stereocenters. The molecule has 0 saturated carbocycles. The first kappa shape index (κ1) is 10.2. The first-order valence-electron chi connectivity index (χ1n) is 3.92. The van der Waals surface area contributed by atoms with Crippen LogP contribution in [0.15, 0.2) is 29.2 Å². The lowest BCUT2D eigenvalue weighted by Crippen LogP contribution is -2.13. The van der Waals surface area contributed by atoms with Gasteiger partial charge in [0.1, 0.15) is 7.22 Å². The van der Waals surface area contributed by atoms with E-state index in [1.807, 2.05) is 29.4 Å². The van der Waals surface area contributed by atoms with Crippen LogP contribution in [-0.2, 0) is 0 Å². The summed E-state index contributed by atoms with van der Waals surface area (Å²) in [7, 11) is -1.06. The van der Waals surface area contributed by atoms with Crippen molar-refractivity contribution >= 4 is 30.0 Å². The van der Waals surface area contributed by atoms with Crippen LogP contribution in [0.4, 0.5) is 0 Å². The van der Waals surface area contributed by atoms with Gasteiger partial charge in [0.25, 0.3) is 0 Å². The van der Waals surface area contributed by atoms with Gasteiger partial charge in [-0.05, 0) is 18.2 Å². The summed E-state index contributed by atoms with van der Waals surface area (Å²) in [4.78, 5) is 1.29. The standard InChI is InChI=1S/C9H13ClSSi/c1-12(2,3)11-9-6-4-5-8(10)7-9/h4-7H,1-3H3. The second-order valence-electron chi connectivity index (χ2n) is 3.67. The Balaban J connectivity index is 2.77. The van der Waals surface area contributed by atoms with Crippen LogP contribution in [0.2, 0.25) is 24.7 Å². The van der Waals surface area contributed by atoms with Crippen LogP contribution in [0.3, 0.4) is 0 Å². The fourth-order valence-electron chi connectivity index (χ4n) is 0.884. The zero-order chi connectivity index (χ0) is 9.19. The molecule has 1 rings (SSSR count). The molecule has 0 radical (unpaired) electrons. The van der Waals surface area contributed by atoms with Crippen LogP contribution in [-0.4, -0.2) is 7.22 Å². The van der Waals surface area contributed by atoms with E-state index in [0.29, 0.717) is 0 Å². The summed E-state index contributed by atoms with van der Waals surface area (Å²) < 4.78 is 0. The van der Waals surface area contributed by atoms with Gasteiger partial charge in [-0.1, -0.05) is 37.3 Å². The molecular formula is C9H13ClSSi. The van der Waals surface area contributed by atoms with E-state index in [1.165, 1.54) is 4.90 Å². The van der Waals surface area contributed by atoms with Gasteiger partial charge in [0.2, 0.25) is 0 Å². The van der Waals surface area contributed by atoms with Crippen LogP contribution in [0, 0.1) is 0 Å². The Hall–Kier alpha value is 0.0769. The van der Waals surface area contributed by atoms with Crippen molar-refractivity contribution in [3.63, 3.8) is 0 Å². The van der Waals surface area contributed by atoms with Gasteiger partial charge in [-0.2, -0.15) is 11.2 Å². The van der Waals surface area contributed by atoms with E-state index in [4.69, 9.17) is 11.6 Å². The molecule has 3 heteroatoms. The third-order valence-corrected chi connectivity index (χ3v) is 5.10.